The molecule has 9 heteroatoms. The highest BCUT2D eigenvalue weighted by atomic mass is 16.6. The standard InChI is InChI=1S/C26H33N5O4/c1-26(2,3)35-25(33)29-19-7-11-30(12-8-19)13-14-31-22-16-20(34-4)15-21(18-5-9-27-10-6-18)24(22)28-17-23(31)32/h5-6,9-10,15-17,19H,7-8,11-14H2,1-4H3,(H,29,33). The summed E-state index contributed by atoms with van der Waals surface area (Å²) in [7, 11) is 1.62. The summed E-state index contributed by atoms with van der Waals surface area (Å²) in [5, 5.41) is 2.97. The van der Waals surface area contributed by atoms with E-state index >= 15 is 0 Å². The number of alkyl carbamates (subject to hydrolysis) is 1. The second-order valence-electron chi connectivity index (χ2n) is 9.79. The number of likely N-dealkylation sites (tertiary alicyclic amines) is 1. The molecule has 0 unspecified atom stereocenters. The summed E-state index contributed by atoms with van der Waals surface area (Å²) in [6, 6.07) is 7.73. The number of carbonyl (C=O) groups excluding carboxylic acids is 1. The molecule has 1 saturated heterocycles. The zero-order chi connectivity index (χ0) is 25.0. The lowest BCUT2D eigenvalue weighted by molar-refractivity contribution is 0.0478. The number of fused-ring (bicyclic) bond motifs is 1. The molecule has 0 radical (unpaired) electrons. The highest BCUT2D eigenvalue weighted by molar-refractivity contribution is 5.93. The van der Waals surface area contributed by atoms with Gasteiger partial charge in [0.05, 0.1) is 24.3 Å². The zero-order valence-corrected chi connectivity index (χ0v) is 20.8. The highest BCUT2D eigenvalue weighted by Crippen LogP contribution is 2.31. The molecule has 35 heavy (non-hydrogen) atoms. The average Bonchev–Trinajstić information content (AvgIpc) is 2.83. The van der Waals surface area contributed by atoms with Gasteiger partial charge in [-0.25, -0.2) is 9.78 Å². The van der Waals surface area contributed by atoms with Crippen molar-refractivity contribution in [2.24, 2.45) is 0 Å². The van der Waals surface area contributed by atoms with E-state index in [0.29, 0.717) is 12.3 Å². The van der Waals surface area contributed by atoms with Gasteiger partial charge in [-0.3, -0.25) is 9.78 Å². The van der Waals surface area contributed by atoms with Gasteiger partial charge in [0.1, 0.15) is 11.4 Å². The van der Waals surface area contributed by atoms with E-state index in [0.717, 1.165) is 54.6 Å². The van der Waals surface area contributed by atoms with Gasteiger partial charge in [-0.2, -0.15) is 0 Å². The topological polar surface area (TPSA) is 98.6 Å². The normalized spacial score (nSPS) is 15.2. The molecule has 0 spiro atoms. The van der Waals surface area contributed by atoms with Gasteiger partial charge in [0.2, 0.25) is 0 Å². The SMILES string of the molecule is COc1cc(-c2ccncc2)c2ncc(=O)n(CCN3CCC(NC(=O)OC(C)(C)C)CC3)c2c1. The molecular formula is C26H33N5O4. The van der Waals surface area contributed by atoms with Gasteiger partial charge in [-0.05, 0) is 57.4 Å². The Morgan fingerprint density at radius 2 is 1.86 bits per heavy atom. The van der Waals surface area contributed by atoms with Gasteiger partial charge in [0.15, 0.2) is 0 Å². The first-order valence-electron chi connectivity index (χ1n) is 11.9. The largest absolute Gasteiger partial charge is 0.497 e. The molecule has 2 aromatic heterocycles. The summed E-state index contributed by atoms with van der Waals surface area (Å²) < 4.78 is 12.7. The molecule has 0 saturated carbocycles. The van der Waals surface area contributed by atoms with Crippen LogP contribution < -0.4 is 15.6 Å². The van der Waals surface area contributed by atoms with E-state index in [4.69, 9.17) is 9.47 Å². The number of nitrogens with one attached hydrogen (secondary N) is 1. The van der Waals surface area contributed by atoms with Crippen LogP contribution in [0.4, 0.5) is 4.79 Å². The first-order valence-corrected chi connectivity index (χ1v) is 11.9. The lowest BCUT2D eigenvalue weighted by atomic mass is 10.0. The lowest BCUT2D eigenvalue weighted by Gasteiger charge is -2.33. The van der Waals surface area contributed by atoms with Crippen molar-refractivity contribution >= 4 is 17.1 Å². The Morgan fingerprint density at radius 3 is 2.51 bits per heavy atom. The average molecular weight is 480 g/mol. The smallest absolute Gasteiger partial charge is 0.407 e. The minimum atomic E-state index is -0.509. The van der Waals surface area contributed by atoms with Gasteiger partial charge in [-0.15, -0.1) is 0 Å². The molecule has 1 amide bonds. The van der Waals surface area contributed by atoms with Crippen LogP contribution in [-0.2, 0) is 11.3 Å². The molecule has 3 aromatic rings. The van der Waals surface area contributed by atoms with Crippen molar-refractivity contribution in [2.75, 3.05) is 26.7 Å². The number of amides is 1. The molecule has 4 rings (SSSR count). The summed E-state index contributed by atoms with van der Waals surface area (Å²) in [5.74, 6) is 0.666. The molecule has 1 fully saturated rings. The number of hydrogen-bond acceptors (Lipinski definition) is 7. The Balaban J connectivity index is 1.47. The van der Waals surface area contributed by atoms with Crippen molar-refractivity contribution < 1.29 is 14.3 Å². The number of rotatable bonds is 6. The van der Waals surface area contributed by atoms with Crippen LogP contribution >= 0.6 is 0 Å². The molecule has 0 aliphatic carbocycles. The Morgan fingerprint density at radius 1 is 1.14 bits per heavy atom. The van der Waals surface area contributed by atoms with E-state index in [1.54, 1.807) is 24.1 Å². The first kappa shape index (κ1) is 24.7. The van der Waals surface area contributed by atoms with Gasteiger partial charge in [-0.1, -0.05) is 0 Å². The molecular weight excluding hydrogens is 446 g/mol. The Bertz CT molecular complexity index is 1230. The van der Waals surface area contributed by atoms with Crippen LogP contribution in [0.25, 0.3) is 22.2 Å². The van der Waals surface area contributed by atoms with Crippen molar-refractivity contribution in [3.8, 4) is 16.9 Å². The zero-order valence-electron chi connectivity index (χ0n) is 20.8. The van der Waals surface area contributed by atoms with Crippen LogP contribution in [0.1, 0.15) is 33.6 Å². The lowest BCUT2D eigenvalue weighted by Crippen LogP contribution is -2.46. The minimum absolute atomic E-state index is 0.0951. The summed E-state index contributed by atoms with van der Waals surface area (Å²) >= 11 is 0. The number of nitrogens with zero attached hydrogens (tertiary/aromatic N) is 4. The number of aromatic nitrogens is 3. The van der Waals surface area contributed by atoms with Gasteiger partial charge in [0.25, 0.3) is 5.56 Å². The summed E-state index contributed by atoms with van der Waals surface area (Å²) in [5.41, 5.74) is 2.69. The Labute approximate surface area is 205 Å². The summed E-state index contributed by atoms with van der Waals surface area (Å²) in [4.78, 5) is 35.8. The third kappa shape index (κ3) is 6.16. The maximum absolute atomic E-state index is 12.8. The van der Waals surface area contributed by atoms with Crippen molar-refractivity contribution in [1.82, 2.24) is 24.8 Å². The van der Waals surface area contributed by atoms with Crippen LogP contribution in [0.2, 0.25) is 0 Å². The third-order valence-electron chi connectivity index (χ3n) is 6.10. The molecule has 1 N–H and O–H groups in total. The maximum atomic E-state index is 12.8. The monoisotopic (exact) mass is 479 g/mol. The van der Waals surface area contributed by atoms with E-state index < -0.39 is 5.60 Å². The van der Waals surface area contributed by atoms with Crippen LogP contribution in [0.5, 0.6) is 5.75 Å². The van der Waals surface area contributed by atoms with Crippen LogP contribution in [0, 0.1) is 0 Å². The van der Waals surface area contributed by atoms with Crippen LogP contribution in [0.15, 0.2) is 47.7 Å². The maximum Gasteiger partial charge on any atom is 0.407 e. The molecule has 1 aliphatic rings. The van der Waals surface area contributed by atoms with Crippen LogP contribution in [0.3, 0.4) is 0 Å². The van der Waals surface area contributed by atoms with Gasteiger partial charge in [0, 0.05) is 56.2 Å². The molecule has 9 nitrogen and oxygen atoms in total. The van der Waals surface area contributed by atoms with E-state index in [9.17, 15) is 9.59 Å². The summed E-state index contributed by atoms with van der Waals surface area (Å²) in [6.45, 7) is 8.50. The number of ether oxygens (including phenoxy) is 2. The number of benzene rings is 1. The van der Waals surface area contributed by atoms with Gasteiger partial charge >= 0.3 is 6.09 Å². The van der Waals surface area contributed by atoms with Crippen molar-refractivity contribution in [1.29, 1.82) is 0 Å². The molecule has 1 aliphatic heterocycles. The molecule has 0 bridgehead atoms. The molecule has 186 valence electrons. The quantitative estimate of drug-likeness (QED) is 0.578. The Kier molecular flexibility index (Phi) is 7.35. The minimum Gasteiger partial charge on any atom is -0.497 e. The molecule has 1 aromatic carbocycles. The van der Waals surface area contributed by atoms with E-state index in [1.165, 1.54) is 6.20 Å². The molecule has 0 atom stereocenters. The fraction of sp³-hybridized carbons (Fsp3) is 0.462. The fourth-order valence-electron chi connectivity index (χ4n) is 4.36. The van der Waals surface area contributed by atoms with E-state index in [1.807, 2.05) is 45.0 Å². The first-order chi connectivity index (χ1) is 16.7. The second kappa shape index (κ2) is 10.4. The Hall–Kier alpha value is -3.46. The third-order valence-corrected chi connectivity index (χ3v) is 6.10. The van der Waals surface area contributed by atoms with Crippen molar-refractivity contribution in [2.45, 2.75) is 51.8 Å². The van der Waals surface area contributed by atoms with Crippen molar-refractivity contribution in [3.63, 3.8) is 0 Å². The summed E-state index contributed by atoms with van der Waals surface area (Å²) in [6.07, 6.45) is 6.16. The molecule has 3 heterocycles. The fourth-order valence-corrected chi connectivity index (χ4v) is 4.36. The predicted octanol–water partition coefficient (Wildman–Crippen LogP) is 3.46. The predicted molar refractivity (Wildman–Crippen MR) is 135 cm³/mol. The van der Waals surface area contributed by atoms with Crippen LogP contribution in [-0.4, -0.2) is 63.9 Å². The van der Waals surface area contributed by atoms with Gasteiger partial charge < -0.3 is 24.3 Å². The van der Waals surface area contributed by atoms with E-state index in [2.05, 4.69) is 20.2 Å². The number of carbonyl (C=O) groups is 1. The number of hydrogen-bond donors (Lipinski definition) is 1. The second-order valence-corrected chi connectivity index (χ2v) is 9.79. The number of piperidine rings is 1. The number of methoxy groups -OCH3 is 1. The highest BCUT2D eigenvalue weighted by Gasteiger charge is 2.24. The van der Waals surface area contributed by atoms with Crippen molar-refractivity contribution in [3.05, 3.63) is 53.2 Å². The van der Waals surface area contributed by atoms with E-state index in [-0.39, 0.29) is 17.7 Å². The number of pyridine rings is 1.